The minimum absolute atomic E-state index is 0.162. The van der Waals surface area contributed by atoms with Crippen LogP contribution in [-0.4, -0.2) is 47.4 Å². The highest BCUT2D eigenvalue weighted by molar-refractivity contribution is 5.86. The minimum atomic E-state index is -0.784. The largest absolute Gasteiger partial charge is 0.378 e. The van der Waals surface area contributed by atoms with E-state index >= 15 is 0 Å². The summed E-state index contributed by atoms with van der Waals surface area (Å²) < 4.78 is 0. The second-order valence-electron chi connectivity index (χ2n) is 5.44. The summed E-state index contributed by atoms with van der Waals surface area (Å²) in [5, 5.41) is 12.1. The lowest BCUT2D eigenvalue weighted by Gasteiger charge is -2.12. The van der Waals surface area contributed by atoms with E-state index in [4.69, 9.17) is 0 Å². The molecule has 1 heterocycles. The standard InChI is InChI=1S/C15H19N7O3/c1-9(17-12-14(24)18-15(25)21-19-12)13(23)20-16-8-10-4-6-11(7-5-10)22(2)3/h4-9H,1-3H3,(H,17,19)(H,20,23)(H2,18,21,24,25)/b16-8+. The van der Waals surface area contributed by atoms with Gasteiger partial charge >= 0.3 is 5.69 Å². The van der Waals surface area contributed by atoms with Crippen molar-refractivity contribution < 1.29 is 4.79 Å². The molecule has 0 spiro atoms. The third-order valence-corrected chi connectivity index (χ3v) is 3.26. The molecule has 0 fully saturated rings. The number of H-pyrrole nitrogens is 2. The molecule has 2 aromatic rings. The fourth-order valence-electron chi connectivity index (χ4n) is 1.84. The first kappa shape index (κ1) is 17.9. The number of aromatic amines is 2. The maximum absolute atomic E-state index is 12.0. The van der Waals surface area contributed by atoms with Crippen LogP contribution in [0.4, 0.5) is 11.5 Å². The number of hydrogen-bond donors (Lipinski definition) is 4. The second kappa shape index (κ2) is 7.90. The van der Waals surface area contributed by atoms with Crippen LogP contribution in [0.25, 0.3) is 0 Å². The number of carbonyl (C=O) groups excluding carboxylic acids is 1. The van der Waals surface area contributed by atoms with Gasteiger partial charge in [0.05, 0.1) is 6.21 Å². The SMILES string of the molecule is CC(Nc1n[nH]c(=O)[nH]c1=O)C(=O)N/N=C/c1ccc(N(C)C)cc1. The highest BCUT2D eigenvalue weighted by Crippen LogP contribution is 2.10. The number of anilines is 2. The van der Waals surface area contributed by atoms with Crippen LogP contribution in [0.15, 0.2) is 39.0 Å². The van der Waals surface area contributed by atoms with Crippen molar-refractivity contribution in [2.24, 2.45) is 5.10 Å². The van der Waals surface area contributed by atoms with Gasteiger partial charge in [-0.15, -0.1) is 5.10 Å². The number of hydrazone groups is 1. The number of rotatable bonds is 6. The summed E-state index contributed by atoms with van der Waals surface area (Å²) in [6.45, 7) is 1.53. The Bertz CT molecular complexity index is 868. The Labute approximate surface area is 143 Å². The normalized spacial score (nSPS) is 12.0. The first-order valence-corrected chi connectivity index (χ1v) is 7.42. The number of nitrogens with zero attached hydrogens (tertiary/aromatic N) is 3. The highest BCUT2D eigenvalue weighted by Gasteiger charge is 2.14. The molecule has 0 radical (unpaired) electrons. The van der Waals surface area contributed by atoms with Crippen LogP contribution in [0, 0.1) is 0 Å². The molecule has 0 aliphatic carbocycles. The number of aromatic nitrogens is 3. The molecule has 0 aliphatic rings. The van der Waals surface area contributed by atoms with Crippen molar-refractivity contribution in [2.45, 2.75) is 13.0 Å². The molecule has 1 atom stereocenters. The van der Waals surface area contributed by atoms with Gasteiger partial charge in [0, 0.05) is 19.8 Å². The highest BCUT2D eigenvalue weighted by atomic mass is 16.2. The van der Waals surface area contributed by atoms with E-state index in [0.29, 0.717) is 0 Å². The van der Waals surface area contributed by atoms with Gasteiger partial charge in [0.25, 0.3) is 11.5 Å². The van der Waals surface area contributed by atoms with E-state index in [1.807, 2.05) is 48.2 Å². The molecule has 10 nitrogen and oxygen atoms in total. The lowest BCUT2D eigenvalue weighted by Crippen LogP contribution is -2.38. The number of hydrogen-bond acceptors (Lipinski definition) is 7. The Morgan fingerprint density at radius 2 is 1.96 bits per heavy atom. The second-order valence-corrected chi connectivity index (χ2v) is 5.44. The van der Waals surface area contributed by atoms with E-state index in [0.717, 1.165) is 11.3 Å². The molecule has 1 aromatic carbocycles. The summed E-state index contributed by atoms with van der Waals surface area (Å²) in [6.07, 6.45) is 1.51. The molecular weight excluding hydrogens is 326 g/mol. The molecule has 4 N–H and O–H groups in total. The molecule has 1 amide bonds. The summed E-state index contributed by atoms with van der Waals surface area (Å²) >= 11 is 0. The smallest absolute Gasteiger partial charge is 0.342 e. The average Bonchev–Trinajstić information content (AvgIpc) is 2.57. The maximum atomic E-state index is 12.0. The van der Waals surface area contributed by atoms with Crippen molar-refractivity contribution in [3.05, 3.63) is 50.7 Å². The van der Waals surface area contributed by atoms with Gasteiger partial charge in [0.15, 0.2) is 0 Å². The molecule has 10 heteroatoms. The fraction of sp³-hybridized carbons (Fsp3) is 0.267. The molecule has 25 heavy (non-hydrogen) atoms. The van der Waals surface area contributed by atoms with Gasteiger partial charge in [-0.2, -0.15) is 5.10 Å². The van der Waals surface area contributed by atoms with Crippen molar-refractivity contribution >= 4 is 23.6 Å². The van der Waals surface area contributed by atoms with E-state index in [-0.39, 0.29) is 5.82 Å². The average molecular weight is 345 g/mol. The summed E-state index contributed by atoms with van der Waals surface area (Å²) in [6, 6.07) is 6.82. The third kappa shape index (κ3) is 5.03. The van der Waals surface area contributed by atoms with Crippen LogP contribution in [-0.2, 0) is 4.79 Å². The first-order valence-electron chi connectivity index (χ1n) is 7.42. The minimum Gasteiger partial charge on any atom is -0.378 e. The van der Waals surface area contributed by atoms with Gasteiger partial charge < -0.3 is 10.2 Å². The van der Waals surface area contributed by atoms with Crippen LogP contribution < -0.4 is 26.9 Å². The quantitative estimate of drug-likeness (QED) is 0.411. The van der Waals surface area contributed by atoms with Crippen molar-refractivity contribution in [1.82, 2.24) is 20.6 Å². The number of amides is 1. The predicted molar refractivity (Wildman–Crippen MR) is 95.1 cm³/mol. The Morgan fingerprint density at radius 3 is 2.56 bits per heavy atom. The topological polar surface area (TPSA) is 135 Å². The van der Waals surface area contributed by atoms with Crippen LogP contribution in [0.2, 0.25) is 0 Å². The van der Waals surface area contributed by atoms with Crippen LogP contribution >= 0.6 is 0 Å². The van der Waals surface area contributed by atoms with Gasteiger partial charge in [-0.05, 0) is 24.6 Å². The van der Waals surface area contributed by atoms with Crippen molar-refractivity contribution in [3.63, 3.8) is 0 Å². The lowest BCUT2D eigenvalue weighted by atomic mass is 10.2. The molecule has 1 aromatic heterocycles. The van der Waals surface area contributed by atoms with Gasteiger partial charge in [-0.25, -0.2) is 15.3 Å². The van der Waals surface area contributed by atoms with Crippen molar-refractivity contribution in [3.8, 4) is 0 Å². The van der Waals surface area contributed by atoms with Gasteiger partial charge in [-0.3, -0.25) is 14.6 Å². The zero-order valence-electron chi connectivity index (χ0n) is 14.0. The summed E-state index contributed by atoms with van der Waals surface area (Å²) in [7, 11) is 3.89. The zero-order valence-corrected chi connectivity index (χ0v) is 14.0. The Morgan fingerprint density at radius 1 is 1.28 bits per heavy atom. The third-order valence-electron chi connectivity index (χ3n) is 3.26. The summed E-state index contributed by atoms with van der Waals surface area (Å²) in [5.41, 5.74) is 2.80. The Kier molecular flexibility index (Phi) is 5.66. The van der Waals surface area contributed by atoms with E-state index in [1.165, 1.54) is 13.1 Å². The zero-order chi connectivity index (χ0) is 18.4. The molecular formula is C15H19N7O3. The van der Waals surface area contributed by atoms with E-state index in [1.54, 1.807) is 0 Å². The molecule has 0 saturated heterocycles. The maximum Gasteiger partial charge on any atom is 0.342 e. The molecule has 132 valence electrons. The van der Waals surface area contributed by atoms with E-state index < -0.39 is 23.2 Å². The first-order chi connectivity index (χ1) is 11.9. The monoisotopic (exact) mass is 345 g/mol. The Hall–Kier alpha value is -3.43. The lowest BCUT2D eigenvalue weighted by molar-refractivity contribution is -0.121. The Balaban J connectivity index is 1.92. The van der Waals surface area contributed by atoms with Crippen LogP contribution in [0.3, 0.4) is 0 Å². The van der Waals surface area contributed by atoms with E-state index in [9.17, 15) is 14.4 Å². The van der Waals surface area contributed by atoms with Crippen molar-refractivity contribution in [1.29, 1.82) is 0 Å². The fourth-order valence-corrected chi connectivity index (χ4v) is 1.84. The molecule has 0 saturated carbocycles. The molecule has 1 unspecified atom stereocenters. The number of carbonyl (C=O) groups is 1. The summed E-state index contributed by atoms with van der Waals surface area (Å²) in [5.74, 6) is -0.626. The van der Waals surface area contributed by atoms with Gasteiger partial charge in [-0.1, -0.05) is 12.1 Å². The number of benzene rings is 1. The van der Waals surface area contributed by atoms with Crippen LogP contribution in [0.5, 0.6) is 0 Å². The summed E-state index contributed by atoms with van der Waals surface area (Å²) in [4.78, 5) is 38.3. The molecule has 0 bridgehead atoms. The number of nitrogens with one attached hydrogen (secondary N) is 4. The van der Waals surface area contributed by atoms with E-state index in [2.05, 4.69) is 26.0 Å². The van der Waals surface area contributed by atoms with Crippen molar-refractivity contribution in [2.75, 3.05) is 24.3 Å². The molecule has 0 aliphatic heterocycles. The van der Waals surface area contributed by atoms with Gasteiger partial charge in [0.1, 0.15) is 6.04 Å². The van der Waals surface area contributed by atoms with Crippen LogP contribution in [0.1, 0.15) is 12.5 Å². The predicted octanol–water partition coefficient (Wildman–Crippen LogP) is -0.525. The molecule has 2 rings (SSSR count). The van der Waals surface area contributed by atoms with Gasteiger partial charge in [0.2, 0.25) is 5.82 Å².